The number of carboxylic acid groups (broad SMARTS) is 1. The van der Waals surface area contributed by atoms with Crippen LogP contribution in [0.3, 0.4) is 0 Å². The fourth-order valence-corrected chi connectivity index (χ4v) is 5.80. The molecule has 1 atom stereocenters. The van der Waals surface area contributed by atoms with Crippen molar-refractivity contribution >= 4 is 64.6 Å². The topological polar surface area (TPSA) is 155 Å². The number of aliphatic imine (C=N–C) groups is 2. The van der Waals surface area contributed by atoms with E-state index >= 15 is 0 Å². The number of nitrogens with zero attached hydrogens (tertiary/aromatic N) is 7. The smallest absolute Gasteiger partial charge is 0.354 e. The molecule has 0 aliphatic carbocycles. The second kappa shape index (κ2) is 13.3. The molecular formula is C34H26ClFN8O4. The highest BCUT2D eigenvalue weighted by atomic mass is 35.5. The van der Waals surface area contributed by atoms with Crippen LogP contribution in [0.2, 0.25) is 5.02 Å². The number of carbonyl (C=O) groups is 3. The SMILES string of the molecule is C=NC=N/C=C(\C)c1cccc2c1CCN(C(=O)c1cn(-c3cccc(Cl)c3F)nn1)C2C(=O)Nc1ccc2nc(C(=O)O)ccc2c1. The third-order valence-electron chi connectivity index (χ3n) is 7.84. The van der Waals surface area contributed by atoms with Crippen LogP contribution in [0.15, 0.2) is 89.1 Å². The van der Waals surface area contributed by atoms with E-state index in [1.165, 1.54) is 35.6 Å². The Balaban J connectivity index is 1.38. The number of pyridine rings is 1. The van der Waals surface area contributed by atoms with Gasteiger partial charge in [0, 0.05) is 23.8 Å². The van der Waals surface area contributed by atoms with Crippen LogP contribution in [0.1, 0.15) is 50.6 Å². The van der Waals surface area contributed by atoms with Crippen LogP contribution in [0.5, 0.6) is 0 Å². The Bertz CT molecular complexity index is 2180. The van der Waals surface area contributed by atoms with Crippen LogP contribution in [0, 0.1) is 5.82 Å². The average molecular weight is 665 g/mol. The summed E-state index contributed by atoms with van der Waals surface area (Å²) in [4.78, 5) is 52.9. The molecule has 0 bridgehead atoms. The van der Waals surface area contributed by atoms with Crippen LogP contribution >= 0.6 is 11.6 Å². The Morgan fingerprint density at radius 3 is 2.71 bits per heavy atom. The van der Waals surface area contributed by atoms with E-state index in [1.807, 2.05) is 13.0 Å². The lowest BCUT2D eigenvalue weighted by Gasteiger charge is -2.37. The minimum Gasteiger partial charge on any atom is -0.477 e. The lowest BCUT2D eigenvalue weighted by molar-refractivity contribution is -0.121. The van der Waals surface area contributed by atoms with Gasteiger partial charge in [0.1, 0.15) is 23.8 Å². The molecule has 1 aliphatic rings. The molecule has 3 aromatic carbocycles. The zero-order valence-corrected chi connectivity index (χ0v) is 26.1. The highest BCUT2D eigenvalue weighted by molar-refractivity contribution is 6.30. The van der Waals surface area contributed by atoms with Crippen molar-refractivity contribution in [3.8, 4) is 5.69 Å². The number of aromatic nitrogens is 4. The molecule has 1 aliphatic heterocycles. The van der Waals surface area contributed by atoms with Crippen molar-refractivity contribution in [2.24, 2.45) is 9.98 Å². The van der Waals surface area contributed by atoms with Crippen molar-refractivity contribution in [2.75, 3.05) is 11.9 Å². The number of aromatic carboxylic acids is 1. The number of halogens is 2. The van der Waals surface area contributed by atoms with Gasteiger partial charge in [0.05, 0.1) is 16.7 Å². The number of anilines is 1. The summed E-state index contributed by atoms with van der Waals surface area (Å²) in [6.07, 6.45) is 4.67. The molecule has 1 unspecified atom stereocenters. The van der Waals surface area contributed by atoms with E-state index in [0.29, 0.717) is 28.6 Å². The Morgan fingerprint density at radius 2 is 1.92 bits per heavy atom. The summed E-state index contributed by atoms with van der Waals surface area (Å²) >= 11 is 5.94. The molecule has 240 valence electrons. The molecule has 14 heteroatoms. The van der Waals surface area contributed by atoms with Gasteiger partial charge in [-0.3, -0.25) is 14.6 Å². The number of hydrogen-bond acceptors (Lipinski definition) is 7. The van der Waals surface area contributed by atoms with Crippen LogP contribution < -0.4 is 5.32 Å². The zero-order valence-electron chi connectivity index (χ0n) is 25.3. The maximum atomic E-state index is 14.7. The van der Waals surface area contributed by atoms with E-state index in [4.69, 9.17) is 11.6 Å². The summed E-state index contributed by atoms with van der Waals surface area (Å²) in [5, 5.41) is 20.6. The molecule has 6 rings (SSSR count). The van der Waals surface area contributed by atoms with E-state index in [2.05, 4.69) is 37.3 Å². The first-order chi connectivity index (χ1) is 23.2. The van der Waals surface area contributed by atoms with Crippen LogP contribution in [0.25, 0.3) is 22.2 Å². The predicted octanol–water partition coefficient (Wildman–Crippen LogP) is 5.77. The fraction of sp³-hybridized carbons (Fsp3) is 0.118. The quantitative estimate of drug-likeness (QED) is 0.158. The molecule has 0 spiro atoms. The standard InChI is InChI=1S/C34H26ClFN8O4/c1-19(16-38-18-37-2)22-5-3-6-24-23(22)13-14-43(33(46)28-17-44(42-41-28)29-8-4-7-25(35)30(29)36)31(24)32(45)39-21-10-12-26-20(15-21)9-11-27(40-26)34(47)48/h3-12,15-18,31H,2,13-14H2,1H3,(H,39,45)(H,47,48)/b19-16+,38-18?. The average Bonchev–Trinajstić information content (AvgIpc) is 3.58. The van der Waals surface area contributed by atoms with Crippen molar-refractivity contribution in [3.63, 3.8) is 0 Å². The van der Waals surface area contributed by atoms with Gasteiger partial charge < -0.3 is 15.3 Å². The molecular weight excluding hydrogens is 639 g/mol. The van der Waals surface area contributed by atoms with Crippen molar-refractivity contribution in [2.45, 2.75) is 19.4 Å². The normalized spacial score (nSPS) is 14.6. The highest BCUT2D eigenvalue weighted by Crippen LogP contribution is 2.36. The van der Waals surface area contributed by atoms with Gasteiger partial charge in [-0.1, -0.05) is 47.1 Å². The number of carboxylic acids is 1. The number of carbonyl (C=O) groups excluding carboxylic acids is 2. The van der Waals surface area contributed by atoms with Gasteiger partial charge in [-0.15, -0.1) is 5.10 Å². The zero-order chi connectivity index (χ0) is 33.9. The summed E-state index contributed by atoms with van der Waals surface area (Å²) in [6, 6.07) is 16.7. The monoisotopic (exact) mass is 664 g/mol. The molecule has 2 aromatic heterocycles. The van der Waals surface area contributed by atoms with E-state index in [1.54, 1.807) is 48.7 Å². The van der Waals surface area contributed by atoms with Crippen LogP contribution in [-0.4, -0.2) is 67.4 Å². The van der Waals surface area contributed by atoms with E-state index in [0.717, 1.165) is 21.4 Å². The lowest BCUT2D eigenvalue weighted by Crippen LogP contribution is -2.45. The number of rotatable bonds is 8. The van der Waals surface area contributed by atoms with Gasteiger partial charge in [0.15, 0.2) is 11.5 Å². The molecule has 5 aromatic rings. The molecule has 3 heterocycles. The summed E-state index contributed by atoms with van der Waals surface area (Å²) in [6.45, 7) is 5.44. The van der Waals surface area contributed by atoms with Gasteiger partial charge in [0.25, 0.3) is 11.8 Å². The summed E-state index contributed by atoms with van der Waals surface area (Å²) in [5.41, 5.74) is 3.80. The van der Waals surface area contributed by atoms with Gasteiger partial charge in [-0.25, -0.2) is 23.8 Å². The largest absolute Gasteiger partial charge is 0.477 e. The van der Waals surface area contributed by atoms with Crippen LogP contribution in [-0.2, 0) is 11.2 Å². The Morgan fingerprint density at radius 1 is 1.10 bits per heavy atom. The summed E-state index contributed by atoms with van der Waals surface area (Å²) in [5.74, 6) is -2.96. The molecule has 2 amide bonds. The fourth-order valence-electron chi connectivity index (χ4n) is 5.63. The van der Waals surface area contributed by atoms with Gasteiger partial charge >= 0.3 is 5.97 Å². The number of amides is 2. The second-order valence-corrected chi connectivity index (χ2v) is 11.2. The number of benzene rings is 3. The summed E-state index contributed by atoms with van der Waals surface area (Å²) < 4.78 is 15.8. The van der Waals surface area contributed by atoms with E-state index in [-0.39, 0.29) is 28.6 Å². The summed E-state index contributed by atoms with van der Waals surface area (Å²) in [7, 11) is 0. The number of fused-ring (bicyclic) bond motifs is 2. The molecule has 0 saturated heterocycles. The first kappa shape index (κ1) is 31.9. The maximum absolute atomic E-state index is 14.7. The van der Waals surface area contributed by atoms with Crippen LogP contribution in [0.4, 0.5) is 10.1 Å². The van der Waals surface area contributed by atoms with Gasteiger partial charge in [0.2, 0.25) is 0 Å². The molecule has 12 nitrogen and oxygen atoms in total. The van der Waals surface area contributed by atoms with Crippen molar-refractivity contribution in [3.05, 3.63) is 118 Å². The van der Waals surface area contributed by atoms with Gasteiger partial charge in [-0.05, 0) is 78.7 Å². The molecule has 0 saturated carbocycles. The molecule has 2 N–H and O–H groups in total. The first-order valence-electron chi connectivity index (χ1n) is 14.6. The van der Waals surface area contributed by atoms with Crippen molar-refractivity contribution in [1.29, 1.82) is 0 Å². The van der Waals surface area contributed by atoms with Crippen molar-refractivity contribution < 1.29 is 23.9 Å². The van der Waals surface area contributed by atoms with Crippen molar-refractivity contribution in [1.82, 2.24) is 24.9 Å². The first-order valence-corrected chi connectivity index (χ1v) is 14.9. The third kappa shape index (κ3) is 6.18. The molecule has 0 fully saturated rings. The predicted molar refractivity (Wildman–Crippen MR) is 179 cm³/mol. The minimum atomic E-state index is -1.15. The number of hydrogen-bond donors (Lipinski definition) is 2. The Hall–Kier alpha value is -6.08. The van der Waals surface area contributed by atoms with Gasteiger partial charge in [-0.2, -0.15) is 0 Å². The third-order valence-corrected chi connectivity index (χ3v) is 8.13. The molecule has 0 radical (unpaired) electrons. The Labute approximate surface area is 277 Å². The minimum absolute atomic E-state index is 0.00909. The van der Waals surface area contributed by atoms with E-state index in [9.17, 15) is 23.9 Å². The number of allylic oxidation sites excluding steroid dienone is 1. The Kier molecular flexibility index (Phi) is 8.86. The maximum Gasteiger partial charge on any atom is 0.354 e. The lowest BCUT2D eigenvalue weighted by atomic mass is 9.86. The molecule has 48 heavy (non-hydrogen) atoms. The highest BCUT2D eigenvalue weighted by Gasteiger charge is 2.38. The number of nitrogens with one attached hydrogen (secondary N) is 1. The van der Waals surface area contributed by atoms with E-state index < -0.39 is 29.6 Å². The second-order valence-electron chi connectivity index (χ2n) is 10.8.